The molecule has 0 aromatic heterocycles. The molecule has 0 spiro atoms. The Morgan fingerprint density at radius 3 is 2.31 bits per heavy atom. The van der Waals surface area contributed by atoms with E-state index in [-0.39, 0.29) is 11.9 Å². The molecular weight excluding hydrogens is 208 g/mol. The van der Waals surface area contributed by atoms with Crippen molar-refractivity contribution >= 4 is 11.9 Å². The van der Waals surface area contributed by atoms with Crippen molar-refractivity contribution in [3.05, 3.63) is 0 Å². The molecule has 5 nitrogen and oxygen atoms in total. The number of likely N-dealkylation sites (N-methyl/N-ethyl adjacent to an activating group) is 2. The maximum atomic E-state index is 11.4. The summed E-state index contributed by atoms with van der Waals surface area (Å²) in [6.07, 6.45) is 0.296. The fourth-order valence-electron chi connectivity index (χ4n) is 1.08. The zero-order valence-electron chi connectivity index (χ0n) is 10.8. The molecule has 0 bridgehead atoms. The summed E-state index contributed by atoms with van der Waals surface area (Å²) in [6, 6.07) is 0. The van der Waals surface area contributed by atoms with Crippen molar-refractivity contribution in [2.45, 2.75) is 32.8 Å². The molecule has 16 heavy (non-hydrogen) atoms. The van der Waals surface area contributed by atoms with Crippen molar-refractivity contribution < 1.29 is 14.3 Å². The van der Waals surface area contributed by atoms with Crippen LogP contribution in [0.4, 0.5) is 0 Å². The van der Waals surface area contributed by atoms with Crippen LogP contribution in [0.1, 0.15) is 27.2 Å². The monoisotopic (exact) mass is 230 g/mol. The first-order valence-corrected chi connectivity index (χ1v) is 5.35. The highest BCUT2D eigenvalue weighted by molar-refractivity contribution is 5.77. The van der Waals surface area contributed by atoms with Crippen LogP contribution in [-0.4, -0.2) is 49.6 Å². The number of hydrogen-bond acceptors (Lipinski definition) is 4. The van der Waals surface area contributed by atoms with E-state index in [1.807, 2.05) is 20.8 Å². The molecule has 0 unspecified atom stereocenters. The fraction of sp³-hybridized carbons (Fsp3) is 0.818. The summed E-state index contributed by atoms with van der Waals surface area (Å²) in [5.74, 6) is -0.303. The van der Waals surface area contributed by atoms with Gasteiger partial charge in [-0.05, 0) is 27.8 Å². The van der Waals surface area contributed by atoms with Crippen molar-refractivity contribution in [2.24, 2.45) is 0 Å². The summed E-state index contributed by atoms with van der Waals surface area (Å²) in [4.78, 5) is 24.2. The first-order chi connectivity index (χ1) is 7.24. The Kier molecular flexibility index (Phi) is 6.03. The Bertz CT molecular complexity index is 246. The third kappa shape index (κ3) is 8.23. The van der Waals surface area contributed by atoms with Gasteiger partial charge in [-0.25, -0.2) is 0 Å². The molecule has 5 heteroatoms. The number of nitrogens with zero attached hydrogens (tertiary/aromatic N) is 1. The maximum Gasteiger partial charge on any atom is 0.307 e. The van der Waals surface area contributed by atoms with E-state index in [0.717, 1.165) is 0 Å². The Morgan fingerprint density at radius 1 is 1.31 bits per heavy atom. The van der Waals surface area contributed by atoms with Gasteiger partial charge in [0.05, 0.1) is 13.0 Å². The lowest BCUT2D eigenvalue weighted by Crippen LogP contribution is -2.35. The van der Waals surface area contributed by atoms with Crippen molar-refractivity contribution in [3.63, 3.8) is 0 Å². The molecule has 1 amide bonds. The average molecular weight is 230 g/mol. The lowest BCUT2D eigenvalue weighted by Gasteiger charge is -2.21. The van der Waals surface area contributed by atoms with E-state index in [2.05, 4.69) is 5.32 Å². The Balaban J connectivity index is 3.79. The smallest absolute Gasteiger partial charge is 0.307 e. The summed E-state index contributed by atoms with van der Waals surface area (Å²) in [6.45, 7) is 6.30. The minimum atomic E-state index is -0.448. The summed E-state index contributed by atoms with van der Waals surface area (Å²) in [7, 11) is 3.38. The van der Waals surface area contributed by atoms with Crippen LogP contribution < -0.4 is 5.32 Å². The normalized spacial score (nSPS) is 11.4. The highest BCUT2D eigenvalue weighted by atomic mass is 16.6. The first-order valence-electron chi connectivity index (χ1n) is 5.35. The summed E-state index contributed by atoms with van der Waals surface area (Å²) in [5.41, 5.74) is -0.448. The molecule has 0 rings (SSSR count). The zero-order chi connectivity index (χ0) is 12.8. The highest BCUT2D eigenvalue weighted by Gasteiger charge is 2.16. The molecule has 1 N–H and O–H groups in total. The molecule has 0 aromatic carbocycles. The Hall–Kier alpha value is -1.10. The van der Waals surface area contributed by atoms with Crippen LogP contribution >= 0.6 is 0 Å². The number of rotatable bonds is 5. The van der Waals surface area contributed by atoms with Crippen molar-refractivity contribution in [3.8, 4) is 0 Å². The number of esters is 1. The van der Waals surface area contributed by atoms with Gasteiger partial charge in [-0.3, -0.25) is 14.5 Å². The molecule has 0 heterocycles. The number of amides is 1. The van der Waals surface area contributed by atoms with Crippen molar-refractivity contribution in [1.29, 1.82) is 0 Å². The van der Waals surface area contributed by atoms with Gasteiger partial charge in [0, 0.05) is 13.6 Å². The number of nitrogens with one attached hydrogen (secondary N) is 1. The summed E-state index contributed by atoms with van der Waals surface area (Å²) < 4.78 is 5.15. The maximum absolute atomic E-state index is 11.4. The van der Waals surface area contributed by atoms with E-state index < -0.39 is 5.60 Å². The van der Waals surface area contributed by atoms with E-state index in [1.54, 1.807) is 19.0 Å². The number of carbonyl (C=O) groups excluding carboxylic acids is 2. The van der Waals surface area contributed by atoms with Crippen molar-refractivity contribution in [2.75, 3.05) is 27.2 Å². The van der Waals surface area contributed by atoms with E-state index >= 15 is 0 Å². The molecule has 0 aliphatic rings. The van der Waals surface area contributed by atoms with Gasteiger partial charge in [0.2, 0.25) is 5.91 Å². The summed E-state index contributed by atoms with van der Waals surface area (Å²) >= 11 is 0. The van der Waals surface area contributed by atoms with E-state index in [0.29, 0.717) is 19.5 Å². The first kappa shape index (κ1) is 14.9. The molecule has 94 valence electrons. The third-order valence-corrected chi connectivity index (χ3v) is 1.81. The van der Waals surface area contributed by atoms with Gasteiger partial charge < -0.3 is 10.1 Å². The number of carbonyl (C=O) groups is 2. The predicted octanol–water partition coefficient (Wildman–Crippen LogP) is 0.396. The van der Waals surface area contributed by atoms with Crippen LogP contribution in [-0.2, 0) is 14.3 Å². The molecule has 0 radical (unpaired) electrons. The molecule has 0 fully saturated rings. The molecule has 0 atom stereocenters. The largest absolute Gasteiger partial charge is 0.460 e. The van der Waals surface area contributed by atoms with E-state index in [1.165, 1.54) is 0 Å². The van der Waals surface area contributed by atoms with Crippen LogP contribution in [0.5, 0.6) is 0 Å². The number of hydrogen-bond donors (Lipinski definition) is 1. The van der Waals surface area contributed by atoms with Crippen LogP contribution in [0.3, 0.4) is 0 Å². The zero-order valence-corrected chi connectivity index (χ0v) is 10.8. The molecule has 0 aliphatic carbocycles. The van der Waals surface area contributed by atoms with Crippen LogP contribution in [0.2, 0.25) is 0 Å². The quantitative estimate of drug-likeness (QED) is 0.694. The topological polar surface area (TPSA) is 58.6 Å². The lowest BCUT2D eigenvalue weighted by atomic mass is 10.2. The minimum Gasteiger partial charge on any atom is -0.460 e. The van der Waals surface area contributed by atoms with Crippen LogP contribution in [0, 0.1) is 0 Å². The standard InChI is InChI=1S/C11H22N2O3/c1-11(2,3)16-10(15)6-7-13(5)8-9(14)12-4/h6-8H2,1-5H3,(H,12,14). The van der Waals surface area contributed by atoms with Gasteiger partial charge in [-0.2, -0.15) is 0 Å². The van der Waals surface area contributed by atoms with E-state index in [9.17, 15) is 9.59 Å². The van der Waals surface area contributed by atoms with Gasteiger partial charge in [0.1, 0.15) is 5.60 Å². The lowest BCUT2D eigenvalue weighted by molar-refractivity contribution is -0.155. The van der Waals surface area contributed by atoms with Gasteiger partial charge >= 0.3 is 5.97 Å². The Labute approximate surface area is 97.1 Å². The van der Waals surface area contributed by atoms with E-state index in [4.69, 9.17) is 4.74 Å². The minimum absolute atomic E-state index is 0.0633. The van der Waals surface area contributed by atoms with Gasteiger partial charge in [-0.15, -0.1) is 0 Å². The second-order valence-corrected chi connectivity index (χ2v) is 4.75. The second-order valence-electron chi connectivity index (χ2n) is 4.75. The molecule has 0 aliphatic heterocycles. The Morgan fingerprint density at radius 2 is 1.88 bits per heavy atom. The number of ether oxygens (including phenoxy) is 1. The van der Waals surface area contributed by atoms with Crippen LogP contribution in [0.15, 0.2) is 0 Å². The predicted molar refractivity (Wildman–Crippen MR) is 62.0 cm³/mol. The van der Waals surface area contributed by atoms with Crippen molar-refractivity contribution in [1.82, 2.24) is 10.2 Å². The van der Waals surface area contributed by atoms with Gasteiger partial charge in [0.15, 0.2) is 0 Å². The van der Waals surface area contributed by atoms with Crippen LogP contribution in [0.25, 0.3) is 0 Å². The SMILES string of the molecule is CNC(=O)CN(C)CCC(=O)OC(C)(C)C. The molecule has 0 aromatic rings. The molecular formula is C11H22N2O3. The highest BCUT2D eigenvalue weighted by Crippen LogP contribution is 2.08. The molecule has 0 saturated carbocycles. The third-order valence-electron chi connectivity index (χ3n) is 1.81. The fourth-order valence-corrected chi connectivity index (χ4v) is 1.08. The second kappa shape index (κ2) is 6.48. The van der Waals surface area contributed by atoms with Gasteiger partial charge in [0.25, 0.3) is 0 Å². The molecule has 0 saturated heterocycles. The average Bonchev–Trinajstić information content (AvgIpc) is 2.12. The van der Waals surface area contributed by atoms with Gasteiger partial charge in [-0.1, -0.05) is 0 Å². The summed E-state index contributed by atoms with van der Waals surface area (Å²) in [5, 5.41) is 2.52.